The van der Waals surface area contributed by atoms with Crippen molar-refractivity contribution in [2.75, 3.05) is 0 Å². The van der Waals surface area contributed by atoms with Gasteiger partial charge in [-0.15, -0.1) is 0 Å². The van der Waals surface area contributed by atoms with Crippen molar-refractivity contribution in [3.63, 3.8) is 0 Å². The van der Waals surface area contributed by atoms with Gasteiger partial charge in [-0.25, -0.2) is 4.79 Å². The Hall–Kier alpha value is -2.27. The van der Waals surface area contributed by atoms with Crippen molar-refractivity contribution in [1.82, 2.24) is 14.8 Å². The molecular weight excluding hydrogens is 266 g/mol. The standard InChI is InChI=1S/C13H10ClN3O2/c1-17-5-4-8-11(17)3-2-7(12(8)14)9-6-10(13(18)19)16-15-9/h2-6H,1H3,(H,15,16)(H,18,19). The number of aryl methyl sites for hydroxylation is 1. The lowest BCUT2D eigenvalue weighted by Gasteiger charge is -2.03. The van der Waals surface area contributed by atoms with Gasteiger partial charge in [0.2, 0.25) is 0 Å². The maximum Gasteiger partial charge on any atom is 0.353 e. The molecule has 2 N–H and O–H groups in total. The van der Waals surface area contributed by atoms with Gasteiger partial charge in [0.05, 0.1) is 10.7 Å². The first-order valence-electron chi connectivity index (χ1n) is 5.60. The van der Waals surface area contributed by atoms with E-state index in [1.54, 1.807) is 0 Å². The van der Waals surface area contributed by atoms with Crippen molar-refractivity contribution in [1.29, 1.82) is 0 Å². The van der Waals surface area contributed by atoms with Crippen LogP contribution < -0.4 is 0 Å². The fraction of sp³-hybridized carbons (Fsp3) is 0.0769. The molecule has 0 amide bonds. The molecule has 2 heterocycles. The molecular formula is C13H10ClN3O2. The summed E-state index contributed by atoms with van der Waals surface area (Å²) >= 11 is 6.36. The van der Waals surface area contributed by atoms with Crippen LogP contribution in [-0.2, 0) is 7.05 Å². The summed E-state index contributed by atoms with van der Waals surface area (Å²) in [6, 6.07) is 7.17. The number of aromatic carboxylic acids is 1. The van der Waals surface area contributed by atoms with Gasteiger partial charge in [-0.05, 0) is 24.3 Å². The first-order valence-corrected chi connectivity index (χ1v) is 5.98. The molecule has 0 bridgehead atoms. The molecule has 2 aromatic heterocycles. The first kappa shape index (κ1) is 11.8. The lowest BCUT2D eigenvalue weighted by Crippen LogP contribution is -1.95. The van der Waals surface area contributed by atoms with Crippen molar-refractivity contribution in [3.05, 3.63) is 41.2 Å². The topological polar surface area (TPSA) is 70.9 Å². The molecule has 96 valence electrons. The van der Waals surface area contributed by atoms with Gasteiger partial charge in [-0.1, -0.05) is 11.6 Å². The number of carboxylic acid groups (broad SMARTS) is 1. The average Bonchev–Trinajstić information content (AvgIpc) is 2.98. The number of hydrogen-bond donors (Lipinski definition) is 2. The van der Waals surface area contributed by atoms with Gasteiger partial charge in [0, 0.05) is 29.7 Å². The number of benzene rings is 1. The fourth-order valence-electron chi connectivity index (χ4n) is 2.08. The van der Waals surface area contributed by atoms with Crippen molar-refractivity contribution in [2.45, 2.75) is 0 Å². The summed E-state index contributed by atoms with van der Waals surface area (Å²) in [5.41, 5.74) is 2.29. The number of nitrogens with one attached hydrogen (secondary N) is 1. The van der Waals surface area contributed by atoms with Gasteiger partial charge in [0.1, 0.15) is 5.69 Å². The van der Waals surface area contributed by atoms with Crippen LogP contribution >= 0.6 is 11.6 Å². The monoisotopic (exact) mass is 275 g/mol. The van der Waals surface area contributed by atoms with E-state index in [4.69, 9.17) is 16.7 Å². The number of carbonyl (C=O) groups is 1. The van der Waals surface area contributed by atoms with E-state index in [2.05, 4.69) is 10.2 Å². The third-order valence-electron chi connectivity index (χ3n) is 3.09. The molecule has 0 fully saturated rings. The van der Waals surface area contributed by atoms with Crippen LogP contribution in [0, 0.1) is 0 Å². The Balaban J connectivity index is 2.19. The van der Waals surface area contributed by atoms with Crippen molar-refractivity contribution in [2.24, 2.45) is 7.05 Å². The smallest absolute Gasteiger partial charge is 0.353 e. The molecule has 0 saturated carbocycles. The predicted octanol–water partition coefficient (Wildman–Crippen LogP) is 2.92. The normalized spacial score (nSPS) is 11.1. The number of H-pyrrole nitrogens is 1. The molecule has 1 aromatic carbocycles. The highest BCUT2D eigenvalue weighted by molar-refractivity contribution is 6.38. The minimum Gasteiger partial charge on any atom is -0.477 e. The maximum absolute atomic E-state index is 10.8. The lowest BCUT2D eigenvalue weighted by molar-refractivity contribution is 0.0690. The van der Waals surface area contributed by atoms with E-state index in [1.807, 2.05) is 36.0 Å². The largest absolute Gasteiger partial charge is 0.477 e. The predicted molar refractivity (Wildman–Crippen MR) is 72.5 cm³/mol. The molecule has 0 aliphatic rings. The van der Waals surface area contributed by atoms with Crippen LogP contribution in [-0.4, -0.2) is 25.8 Å². The molecule has 5 nitrogen and oxygen atoms in total. The van der Waals surface area contributed by atoms with E-state index in [1.165, 1.54) is 6.07 Å². The highest BCUT2D eigenvalue weighted by atomic mass is 35.5. The number of aromatic amines is 1. The summed E-state index contributed by atoms with van der Waals surface area (Å²) in [6.07, 6.45) is 1.92. The molecule has 3 aromatic rings. The molecule has 3 rings (SSSR count). The lowest BCUT2D eigenvalue weighted by atomic mass is 10.1. The molecule has 0 saturated heterocycles. The van der Waals surface area contributed by atoms with Crippen LogP contribution in [0.2, 0.25) is 5.02 Å². The quantitative estimate of drug-likeness (QED) is 0.755. The number of aromatic nitrogens is 3. The second-order valence-corrected chi connectivity index (χ2v) is 4.64. The van der Waals surface area contributed by atoms with Gasteiger partial charge in [0.15, 0.2) is 0 Å². The first-order chi connectivity index (χ1) is 9.08. The molecule has 0 aliphatic carbocycles. The number of hydrogen-bond acceptors (Lipinski definition) is 2. The number of rotatable bonds is 2. The third kappa shape index (κ3) is 1.79. The Bertz CT molecular complexity index is 788. The minimum absolute atomic E-state index is 0.0409. The minimum atomic E-state index is -1.05. The second-order valence-electron chi connectivity index (χ2n) is 4.26. The van der Waals surface area contributed by atoms with E-state index >= 15 is 0 Å². The van der Waals surface area contributed by atoms with Gasteiger partial charge >= 0.3 is 5.97 Å². The summed E-state index contributed by atoms with van der Waals surface area (Å²) in [4.78, 5) is 10.8. The average molecular weight is 276 g/mol. The Labute approximate surface area is 113 Å². The van der Waals surface area contributed by atoms with E-state index in [0.717, 1.165) is 10.9 Å². The molecule has 0 spiro atoms. The highest BCUT2D eigenvalue weighted by Crippen LogP contribution is 2.33. The Morgan fingerprint density at radius 3 is 2.89 bits per heavy atom. The zero-order chi connectivity index (χ0) is 13.6. The molecule has 6 heteroatoms. The van der Waals surface area contributed by atoms with Gasteiger partial charge in [-0.3, -0.25) is 5.10 Å². The Kier molecular flexibility index (Phi) is 2.57. The van der Waals surface area contributed by atoms with E-state index < -0.39 is 5.97 Å². The van der Waals surface area contributed by atoms with E-state index in [0.29, 0.717) is 16.3 Å². The Morgan fingerprint density at radius 1 is 1.42 bits per heavy atom. The molecule has 0 aliphatic heterocycles. The van der Waals surface area contributed by atoms with Gasteiger partial charge < -0.3 is 9.67 Å². The van der Waals surface area contributed by atoms with Crippen LogP contribution in [0.3, 0.4) is 0 Å². The van der Waals surface area contributed by atoms with Crippen molar-refractivity contribution >= 4 is 28.5 Å². The third-order valence-corrected chi connectivity index (χ3v) is 3.49. The van der Waals surface area contributed by atoms with E-state index in [9.17, 15) is 4.79 Å². The Morgan fingerprint density at radius 2 is 2.21 bits per heavy atom. The van der Waals surface area contributed by atoms with Crippen molar-refractivity contribution < 1.29 is 9.90 Å². The highest BCUT2D eigenvalue weighted by Gasteiger charge is 2.14. The number of nitrogens with zero attached hydrogens (tertiary/aromatic N) is 2. The van der Waals surface area contributed by atoms with Gasteiger partial charge in [0.25, 0.3) is 0 Å². The van der Waals surface area contributed by atoms with Crippen LogP contribution in [0.25, 0.3) is 22.2 Å². The second kappa shape index (κ2) is 4.13. The SMILES string of the molecule is Cn1ccc2c(Cl)c(-c3cc(C(=O)O)[nH]n3)ccc21. The van der Waals surface area contributed by atoms with Crippen LogP contribution in [0.15, 0.2) is 30.5 Å². The number of fused-ring (bicyclic) bond motifs is 1. The van der Waals surface area contributed by atoms with Crippen LogP contribution in [0.1, 0.15) is 10.5 Å². The fourth-order valence-corrected chi connectivity index (χ4v) is 2.40. The number of carboxylic acids is 1. The summed E-state index contributed by atoms with van der Waals surface area (Å²) in [5.74, 6) is -1.05. The van der Waals surface area contributed by atoms with Crippen LogP contribution in [0.5, 0.6) is 0 Å². The summed E-state index contributed by atoms with van der Waals surface area (Å²) < 4.78 is 1.97. The zero-order valence-corrected chi connectivity index (χ0v) is 10.8. The number of halogens is 1. The molecule has 0 unspecified atom stereocenters. The van der Waals surface area contributed by atoms with Crippen LogP contribution in [0.4, 0.5) is 0 Å². The summed E-state index contributed by atoms with van der Waals surface area (Å²) in [6.45, 7) is 0. The summed E-state index contributed by atoms with van der Waals surface area (Å²) in [7, 11) is 1.94. The molecule has 19 heavy (non-hydrogen) atoms. The summed E-state index contributed by atoms with van der Waals surface area (Å²) in [5, 5.41) is 16.8. The van der Waals surface area contributed by atoms with E-state index in [-0.39, 0.29) is 5.69 Å². The van der Waals surface area contributed by atoms with Gasteiger partial charge in [-0.2, -0.15) is 5.10 Å². The van der Waals surface area contributed by atoms with Crippen molar-refractivity contribution in [3.8, 4) is 11.3 Å². The maximum atomic E-state index is 10.8. The molecule has 0 atom stereocenters. The molecule has 0 radical (unpaired) electrons. The zero-order valence-electron chi connectivity index (χ0n) is 10.0.